The summed E-state index contributed by atoms with van der Waals surface area (Å²) < 4.78 is 6.33. The van der Waals surface area contributed by atoms with Crippen molar-refractivity contribution in [2.75, 3.05) is 6.61 Å². The molecule has 2 aromatic heterocycles. The lowest BCUT2D eigenvalue weighted by molar-refractivity contribution is 0.0525. The maximum absolute atomic E-state index is 12.0. The average molecular weight is 289 g/mol. The molecule has 1 N–H and O–H groups in total. The lowest BCUT2D eigenvalue weighted by atomic mass is 10.2. The number of carbonyl (C=O) groups excluding carboxylic acids is 1. The zero-order valence-electron chi connectivity index (χ0n) is 12.0. The van der Waals surface area contributed by atoms with Gasteiger partial charge in [0.25, 0.3) is 0 Å². The van der Waals surface area contributed by atoms with Gasteiger partial charge in [-0.25, -0.2) is 19.3 Å². The highest BCUT2D eigenvalue weighted by Crippen LogP contribution is 2.19. The van der Waals surface area contributed by atoms with Crippen LogP contribution in [0.15, 0.2) is 18.3 Å². The first-order chi connectivity index (χ1) is 9.97. The lowest BCUT2D eigenvalue weighted by Crippen LogP contribution is -2.13. The SMILES string of the molecule is CCOC(=O)c1cccnc1-n1nc(C)c(C(=O)O)c1C. The molecule has 0 saturated heterocycles. The summed E-state index contributed by atoms with van der Waals surface area (Å²) in [5.74, 6) is -1.33. The maximum Gasteiger partial charge on any atom is 0.341 e. The molecule has 0 aliphatic carbocycles. The van der Waals surface area contributed by atoms with Crippen molar-refractivity contribution in [3.8, 4) is 5.82 Å². The second kappa shape index (κ2) is 5.74. The first-order valence-electron chi connectivity index (χ1n) is 6.39. The van der Waals surface area contributed by atoms with Gasteiger partial charge in [-0.1, -0.05) is 0 Å². The van der Waals surface area contributed by atoms with E-state index in [1.165, 1.54) is 10.9 Å². The molecular weight excluding hydrogens is 274 g/mol. The number of aromatic nitrogens is 3. The van der Waals surface area contributed by atoms with Gasteiger partial charge in [0.1, 0.15) is 11.1 Å². The van der Waals surface area contributed by atoms with Gasteiger partial charge in [-0.05, 0) is 32.9 Å². The molecule has 0 aliphatic rings. The summed E-state index contributed by atoms with van der Waals surface area (Å²) in [5.41, 5.74) is 1.11. The molecule has 110 valence electrons. The predicted molar refractivity (Wildman–Crippen MR) is 73.7 cm³/mol. The van der Waals surface area contributed by atoms with Gasteiger partial charge < -0.3 is 9.84 Å². The Labute approximate surface area is 121 Å². The van der Waals surface area contributed by atoms with Gasteiger partial charge in [0, 0.05) is 6.20 Å². The standard InChI is InChI=1S/C14H15N3O4/c1-4-21-14(20)10-6-5-7-15-12(10)17-9(3)11(13(18)19)8(2)16-17/h5-7H,4H2,1-3H3,(H,18,19). The number of carboxylic acids is 1. The van der Waals surface area contributed by atoms with E-state index in [1.807, 2.05) is 0 Å². The van der Waals surface area contributed by atoms with Gasteiger partial charge in [0.05, 0.1) is 18.0 Å². The first kappa shape index (κ1) is 14.7. The lowest BCUT2D eigenvalue weighted by Gasteiger charge is -2.09. The Morgan fingerprint density at radius 3 is 2.67 bits per heavy atom. The molecule has 2 aromatic rings. The number of hydrogen-bond donors (Lipinski definition) is 1. The van der Waals surface area contributed by atoms with Crippen LogP contribution in [0.2, 0.25) is 0 Å². The summed E-state index contributed by atoms with van der Waals surface area (Å²) in [6, 6.07) is 3.18. The Morgan fingerprint density at radius 2 is 2.10 bits per heavy atom. The van der Waals surface area contributed by atoms with Crippen LogP contribution in [0.5, 0.6) is 0 Å². The van der Waals surface area contributed by atoms with E-state index in [0.717, 1.165) is 0 Å². The van der Waals surface area contributed by atoms with Crippen molar-refractivity contribution in [2.24, 2.45) is 0 Å². The Kier molecular flexibility index (Phi) is 4.02. The zero-order valence-corrected chi connectivity index (χ0v) is 12.0. The normalized spacial score (nSPS) is 10.4. The number of ether oxygens (including phenoxy) is 1. The van der Waals surface area contributed by atoms with Gasteiger partial charge in [0.2, 0.25) is 0 Å². The molecule has 0 atom stereocenters. The van der Waals surface area contributed by atoms with Crippen molar-refractivity contribution in [1.82, 2.24) is 14.8 Å². The number of hydrogen-bond acceptors (Lipinski definition) is 5. The molecule has 7 nitrogen and oxygen atoms in total. The summed E-state index contributed by atoms with van der Waals surface area (Å²) in [4.78, 5) is 27.3. The predicted octanol–water partition coefficient (Wildman–Crippen LogP) is 1.76. The maximum atomic E-state index is 12.0. The molecule has 2 rings (SSSR count). The van der Waals surface area contributed by atoms with Crippen LogP contribution < -0.4 is 0 Å². The van der Waals surface area contributed by atoms with Crippen LogP contribution in [-0.2, 0) is 4.74 Å². The van der Waals surface area contributed by atoms with Crippen LogP contribution in [0.3, 0.4) is 0 Å². The topological polar surface area (TPSA) is 94.3 Å². The van der Waals surface area contributed by atoms with Crippen molar-refractivity contribution < 1.29 is 19.4 Å². The molecule has 2 heterocycles. The number of carboxylic acid groups (broad SMARTS) is 1. The van der Waals surface area contributed by atoms with Gasteiger partial charge >= 0.3 is 11.9 Å². The first-order valence-corrected chi connectivity index (χ1v) is 6.39. The third-order valence-corrected chi connectivity index (χ3v) is 2.99. The third kappa shape index (κ3) is 2.62. The summed E-state index contributed by atoms with van der Waals surface area (Å²) in [5, 5.41) is 13.4. The number of carbonyl (C=O) groups is 2. The molecule has 0 aromatic carbocycles. The molecule has 0 unspecified atom stereocenters. The number of aryl methyl sites for hydroxylation is 1. The highest BCUT2D eigenvalue weighted by molar-refractivity contribution is 5.93. The Balaban J connectivity index is 2.61. The number of rotatable bonds is 4. The quantitative estimate of drug-likeness (QED) is 0.862. The van der Waals surface area contributed by atoms with Crippen molar-refractivity contribution in [1.29, 1.82) is 0 Å². The second-order valence-corrected chi connectivity index (χ2v) is 4.36. The van der Waals surface area contributed by atoms with E-state index in [0.29, 0.717) is 11.4 Å². The smallest absolute Gasteiger partial charge is 0.341 e. The molecule has 7 heteroatoms. The number of nitrogens with zero attached hydrogens (tertiary/aromatic N) is 3. The van der Waals surface area contributed by atoms with Crippen molar-refractivity contribution in [2.45, 2.75) is 20.8 Å². The molecule has 0 radical (unpaired) electrons. The van der Waals surface area contributed by atoms with E-state index < -0.39 is 11.9 Å². The van der Waals surface area contributed by atoms with E-state index >= 15 is 0 Å². The van der Waals surface area contributed by atoms with Crippen LogP contribution in [0.25, 0.3) is 5.82 Å². The molecule has 0 aliphatic heterocycles. The van der Waals surface area contributed by atoms with Crippen LogP contribution >= 0.6 is 0 Å². The second-order valence-electron chi connectivity index (χ2n) is 4.36. The molecular formula is C14H15N3O4. The van der Waals surface area contributed by atoms with E-state index in [9.17, 15) is 14.7 Å². The molecule has 0 amide bonds. The number of aromatic carboxylic acids is 1. The Bertz CT molecular complexity index is 706. The van der Waals surface area contributed by atoms with Crippen molar-refractivity contribution >= 4 is 11.9 Å². The summed E-state index contributed by atoms with van der Waals surface area (Å²) >= 11 is 0. The molecule has 21 heavy (non-hydrogen) atoms. The fourth-order valence-electron chi connectivity index (χ4n) is 2.09. The Morgan fingerprint density at radius 1 is 1.38 bits per heavy atom. The Hall–Kier alpha value is -2.70. The van der Waals surface area contributed by atoms with Crippen molar-refractivity contribution in [3.05, 3.63) is 40.8 Å². The minimum atomic E-state index is -1.06. The monoisotopic (exact) mass is 289 g/mol. The zero-order chi connectivity index (χ0) is 15.6. The third-order valence-electron chi connectivity index (χ3n) is 2.99. The van der Waals surface area contributed by atoms with Gasteiger partial charge in [0.15, 0.2) is 5.82 Å². The van der Waals surface area contributed by atoms with E-state index in [4.69, 9.17) is 4.74 Å². The minimum Gasteiger partial charge on any atom is -0.478 e. The highest BCUT2D eigenvalue weighted by atomic mass is 16.5. The minimum absolute atomic E-state index is 0.107. The van der Waals surface area contributed by atoms with Gasteiger partial charge in [-0.2, -0.15) is 5.10 Å². The van der Waals surface area contributed by atoms with Crippen LogP contribution in [0.1, 0.15) is 39.0 Å². The number of esters is 1. The van der Waals surface area contributed by atoms with Crippen LogP contribution in [0.4, 0.5) is 0 Å². The van der Waals surface area contributed by atoms with Crippen LogP contribution in [0, 0.1) is 13.8 Å². The largest absolute Gasteiger partial charge is 0.478 e. The highest BCUT2D eigenvalue weighted by Gasteiger charge is 2.22. The molecule has 0 saturated carbocycles. The van der Waals surface area contributed by atoms with Crippen LogP contribution in [-0.4, -0.2) is 38.4 Å². The average Bonchev–Trinajstić information content (AvgIpc) is 2.74. The molecule has 0 bridgehead atoms. The summed E-state index contributed by atoms with van der Waals surface area (Å²) in [6.07, 6.45) is 1.51. The molecule has 0 fully saturated rings. The van der Waals surface area contributed by atoms with E-state index in [-0.39, 0.29) is 23.6 Å². The number of pyridine rings is 1. The fraction of sp³-hybridized carbons (Fsp3) is 0.286. The van der Waals surface area contributed by atoms with E-state index in [2.05, 4.69) is 10.1 Å². The van der Waals surface area contributed by atoms with Gasteiger partial charge in [-0.15, -0.1) is 0 Å². The van der Waals surface area contributed by atoms with Crippen molar-refractivity contribution in [3.63, 3.8) is 0 Å². The van der Waals surface area contributed by atoms with Gasteiger partial charge in [-0.3, -0.25) is 0 Å². The summed E-state index contributed by atoms with van der Waals surface area (Å²) in [6.45, 7) is 5.16. The van der Waals surface area contributed by atoms with E-state index in [1.54, 1.807) is 32.9 Å². The molecule has 0 spiro atoms. The fourth-order valence-corrected chi connectivity index (χ4v) is 2.09. The summed E-state index contributed by atoms with van der Waals surface area (Å²) in [7, 11) is 0.